The van der Waals surface area contributed by atoms with Crippen LogP contribution < -0.4 is 5.32 Å². The van der Waals surface area contributed by atoms with Crippen molar-refractivity contribution in [2.75, 3.05) is 6.54 Å². The van der Waals surface area contributed by atoms with Crippen molar-refractivity contribution in [1.82, 2.24) is 5.32 Å². The topological polar surface area (TPSA) is 25.2 Å². The molecular weight excluding hydrogens is 234 g/mol. The quantitative estimate of drug-likeness (QED) is 0.820. The summed E-state index contributed by atoms with van der Waals surface area (Å²) < 4.78 is 5.18. The van der Waals surface area contributed by atoms with Crippen molar-refractivity contribution in [2.24, 2.45) is 5.92 Å². The highest BCUT2D eigenvalue weighted by atomic mass is 16.3. The first-order chi connectivity index (χ1) is 9.40. The van der Waals surface area contributed by atoms with E-state index in [4.69, 9.17) is 4.42 Å². The van der Waals surface area contributed by atoms with Crippen LogP contribution in [0.25, 0.3) is 0 Å². The first-order valence-electron chi connectivity index (χ1n) is 7.18. The lowest BCUT2D eigenvalue weighted by Gasteiger charge is -2.17. The third-order valence-electron chi connectivity index (χ3n) is 3.74. The fraction of sp³-hybridized carbons (Fsp3) is 0.412. The maximum absolute atomic E-state index is 5.18. The molecule has 2 heteroatoms. The molecule has 100 valence electrons. The van der Waals surface area contributed by atoms with Crippen molar-refractivity contribution >= 4 is 0 Å². The van der Waals surface area contributed by atoms with Crippen molar-refractivity contribution in [3.8, 4) is 0 Å². The first kappa shape index (κ1) is 12.5. The molecule has 1 aromatic carbocycles. The van der Waals surface area contributed by atoms with Gasteiger partial charge in [-0.1, -0.05) is 30.3 Å². The van der Waals surface area contributed by atoms with Gasteiger partial charge < -0.3 is 9.73 Å². The molecular formula is C17H21NO. The second-order valence-corrected chi connectivity index (χ2v) is 5.57. The molecule has 1 atom stereocenters. The zero-order valence-corrected chi connectivity index (χ0v) is 11.2. The lowest BCUT2D eigenvalue weighted by atomic mass is 9.93. The van der Waals surface area contributed by atoms with Gasteiger partial charge >= 0.3 is 0 Å². The summed E-state index contributed by atoms with van der Waals surface area (Å²) in [5.41, 5.74) is 2.73. The normalized spacial score (nSPS) is 16.4. The molecule has 1 heterocycles. The number of benzene rings is 1. The minimum Gasteiger partial charge on any atom is -0.472 e. The molecule has 1 aliphatic carbocycles. The molecule has 0 amide bonds. The second-order valence-electron chi connectivity index (χ2n) is 5.57. The zero-order chi connectivity index (χ0) is 12.9. The average Bonchev–Trinajstić information content (AvgIpc) is 3.13. The molecule has 1 unspecified atom stereocenters. The minimum atomic E-state index is 0.639. The summed E-state index contributed by atoms with van der Waals surface area (Å²) in [6.45, 7) is 1.10. The maximum atomic E-state index is 5.18. The molecule has 0 spiro atoms. The van der Waals surface area contributed by atoms with Gasteiger partial charge in [0.15, 0.2) is 0 Å². The molecule has 1 N–H and O–H groups in total. The molecule has 19 heavy (non-hydrogen) atoms. The van der Waals surface area contributed by atoms with E-state index in [1.54, 1.807) is 6.26 Å². The molecule has 1 aliphatic rings. The Morgan fingerprint density at radius 3 is 2.53 bits per heavy atom. The standard InChI is InChI=1S/C17H21NO/c1-2-4-14(5-3-1)10-16(12-18-17-6-7-17)11-15-8-9-19-13-15/h1-5,8-9,13,16-18H,6-7,10-12H2. The van der Waals surface area contributed by atoms with E-state index in [-0.39, 0.29) is 0 Å². The van der Waals surface area contributed by atoms with Crippen LogP contribution in [0.5, 0.6) is 0 Å². The summed E-state index contributed by atoms with van der Waals surface area (Å²) in [6.07, 6.45) is 8.56. The van der Waals surface area contributed by atoms with Crippen LogP contribution in [0, 0.1) is 5.92 Å². The Balaban J connectivity index is 1.60. The van der Waals surface area contributed by atoms with E-state index in [0.29, 0.717) is 5.92 Å². The van der Waals surface area contributed by atoms with Gasteiger partial charge in [0.05, 0.1) is 12.5 Å². The van der Waals surface area contributed by atoms with E-state index in [1.807, 2.05) is 6.26 Å². The Labute approximate surface area is 114 Å². The van der Waals surface area contributed by atoms with Crippen LogP contribution >= 0.6 is 0 Å². The number of furan rings is 1. The highest BCUT2D eigenvalue weighted by Crippen LogP contribution is 2.21. The van der Waals surface area contributed by atoms with E-state index in [0.717, 1.165) is 25.4 Å². The molecule has 1 aromatic heterocycles. The molecule has 1 saturated carbocycles. The van der Waals surface area contributed by atoms with Gasteiger partial charge in [0, 0.05) is 6.04 Å². The number of nitrogens with one attached hydrogen (secondary N) is 1. The highest BCUT2D eigenvalue weighted by Gasteiger charge is 2.22. The lowest BCUT2D eigenvalue weighted by Crippen LogP contribution is -2.27. The summed E-state index contributed by atoms with van der Waals surface area (Å²) in [4.78, 5) is 0. The van der Waals surface area contributed by atoms with E-state index in [1.165, 1.54) is 24.0 Å². The van der Waals surface area contributed by atoms with Gasteiger partial charge in [-0.15, -0.1) is 0 Å². The number of rotatable bonds is 7. The van der Waals surface area contributed by atoms with Crippen LogP contribution in [-0.2, 0) is 12.8 Å². The molecule has 0 bridgehead atoms. The molecule has 3 rings (SSSR count). The van der Waals surface area contributed by atoms with Gasteiger partial charge in [-0.05, 0) is 55.3 Å². The van der Waals surface area contributed by atoms with Crippen molar-refractivity contribution in [1.29, 1.82) is 0 Å². The van der Waals surface area contributed by atoms with E-state index in [2.05, 4.69) is 41.7 Å². The predicted octanol–water partition coefficient (Wildman–Crippen LogP) is 3.43. The second kappa shape index (κ2) is 6.07. The Bertz CT molecular complexity index is 473. The van der Waals surface area contributed by atoms with Crippen LogP contribution in [0.4, 0.5) is 0 Å². The van der Waals surface area contributed by atoms with Gasteiger partial charge in [-0.25, -0.2) is 0 Å². The summed E-state index contributed by atoms with van der Waals surface area (Å²) in [5, 5.41) is 3.66. The van der Waals surface area contributed by atoms with Crippen molar-refractivity contribution in [3.05, 3.63) is 60.1 Å². The fourth-order valence-electron chi connectivity index (χ4n) is 2.53. The van der Waals surface area contributed by atoms with Crippen LogP contribution in [0.3, 0.4) is 0 Å². The third-order valence-corrected chi connectivity index (χ3v) is 3.74. The molecule has 0 aliphatic heterocycles. The third kappa shape index (κ3) is 3.97. The van der Waals surface area contributed by atoms with Crippen molar-refractivity contribution < 1.29 is 4.42 Å². The van der Waals surface area contributed by atoms with Crippen molar-refractivity contribution in [2.45, 2.75) is 31.7 Å². The smallest absolute Gasteiger partial charge is 0.0934 e. The predicted molar refractivity (Wildman–Crippen MR) is 77.1 cm³/mol. The fourth-order valence-corrected chi connectivity index (χ4v) is 2.53. The lowest BCUT2D eigenvalue weighted by molar-refractivity contribution is 0.465. The number of hydrogen-bond donors (Lipinski definition) is 1. The van der Waals surface area contributed by atoms with Gasteiger partial charge in [-0.3, -0.25) is 0 Å². The van der Waals surface area contributed by atoms with Crippen LogP contribution in [0.2, 0.25) is 0 Å². The van der Waals surface area contributed by atoms with Gasteiger partial charge in [0.25, 0.3) is 0 Å². The van der Waals surface area contributed by atoms with Gasteiger partial charge in [0.1, 0.15) is 0 Å². The van der Waals surface area contributed by atoms with Gasteiger partial charge in [0.2, 0.25) is 0 Å². The Morgan fingerprint density at radius 1 is 1.05 bits per heavy atom. The molecule has 2 aromatic rings. The average molecular weight is 255 g/mol. The SMILES string of the molecule is c1ccc(CC(CNC2CC2)Cc2ccoc2)cc1. The van der Waals surface area contributed by atoms with E-state index in [9.17, 15) is 0 Å². The Kier molecular flexibility index (Phi) is 3.99. The monoisotopic (exact) mass is 255 g/mol. The first-order valence-corrected chi connectivity index (χ1v) is 7.18. The minimum absolute atomic E-state index is 0.639. The maximum Gasteiger partial charge on any atom is 0.0934 e. The summed E-state index contributed by atoms with van der Waals surface area (Å²) in [7, 11) is 0. The van der Waals surface area contributed by atoms with Crippen LogP contribution in [-0.4, -0.2) is 12.6 Å². The number of hydrogen-bond acceptors (Lipinski definition) is 2. The summed E-state index contributed by atoms with van der Waals surface area (Å²) in [6, 6.07) is 13.6. The van der Waals surface area contributed by atoms with E-state index >= 15 is 0 Å². The zero-order valence-electron chi connectivity index (χ0n) is 11.2. The Morgan fingerprint density at radius 2 is 1.84 bits per heavy atom. The Hall–Kier alpha value is -1.54. The molecule has 0 saturated heterocycles. The van der Waals surface area contributed by atoms with Gasteiger partial charge in [-0.2, -0.15) is 0 Å². The summed E-state index contributed by atoms with van der Waals surface area (Å²) in [5.74, 6) is 0.639. The molecule has 0 radical (unpaired) electrons. The van der Waals surface area contributed by atoms with E-state index < -0.39 is 0 Å². The molecule has 2 nitrogen and oxygen atoms in total. The molecule has 1 fully saturated rings. The van der Waals surface area contributed by atoms with Crippen LogP contribution in [0.15, 0.2) is 53.3 Å². The highest BCUT2D eigenvalue weighted by molar-refractivity contribution is 5.16. The van der Waals surface area contributed by atoms with Crippen molar-refractivity contribution in [3.63, 3.8) is 0 Å². The largest absolute Gasteiger partial charge is 0.472 e. The summed E-state index contributed by atoms with van der Waals surface area (Å²) >= 11 is 0. The van der Waals surface area contributed by atoms with Crippen LogP contribution in [0.1, 0.15) is 24.0 Å².